The second-order valence-corrected chi connectivity index (χ2v) is 2.60. The first kappa shape index (κ1) is 7.67. The van der Waals surface area contributed by atoms with Crippen LogP contribution in [0.4, 0.5) is 0 Å². The van der Waals surface area contributed by atoms with Crippen molar-refractivity contribution < 1.29 is 4.76 Å². The van der Waals surface area contributed by atoms with E-state index in [9.17, 15) is 4.91 Å². The molecule has 56 valence electrons. The lowest BCUT2D eigenvalue weighted by atomic mass is 10.0. The molecule has 0 aliphatic carbocycles. The van der Waals surface area contributed by atoms with Gasteiger partial charge in [-0.15, -0.1) is 0 Å². The number of nitriles is 1. The van der Waals surface area contributed by atoms with Crippen molar-refractivity contribution in [2.45, 2.75) is 19.9 Å². The van der Waals surface area contributed by atoms with E-state index in [1.165, 1.54) is 6.20 Å². The Morgan fingerprint density at radius 1 is 1.73 bits per heavy atom. The summed E-state index contributed by atoms with van der Waals surface area (Å²) in [6, 6.07) is 1.81. The third-order valence-electron chi connectivity index (χ3n) is 1.69. The van der Waals surface area contributed by atoms with E-state index >= 15 is 0 Å². The van der Waals surface area contributed by atoms with Crippen molar-refractivity contribution in [3.8, 4) is 6.07 Å². The first-order valence-electron chi connectivity index (χ1n) is 3.41. The van der Waals surface area contributed by atoms with Crippen LogP contribution in [0.5, 0.6) is 0 Å². The van der Waals surface area contributed by atoms with Crippen molar-refractivity contribution in [2.75, 3.05) is 0 Å². The van der Waals surface area contributed by atoms with E-state index in [2.05, 4.69) is 0 Å². The monoisotopic (exact) mass is 149 g/mol. The van der Waals surface area contributed by atoms with Crippen LogP contribution in [0.2, 0.25) is 0 Å². The van der Waals surface area contributed by atoms with Crippen LogP contribution in [-0.4, -0.2) is 10.8 Å². The van der Waals surface area contributed by atoms with Crippen LogP contribution < -0.4 is 0 Å². The molecule has 3 heteroatoms. The molecule has 1 aliphatic rings. The van der Waals surface area contributed by atoms with Gasteiger partial charge in [0.2, 0.25) is 12.2 Å². The molecule has 0 fully saturated rings. The SMILES string of the molecule is CC1=CC(C)[N+](=O)C=C1C#N. The fraction of sp³-hybridized carbons (Fsp3) is 0.375. The predicted octanol–water partition coefficient (Wildman–Crippen LogP) is 1.52. The Bertz CT molecular complexity index is 294. The molecule has 11 heavy (non-hydrogen) atoms. The minimum absolute atomic E-state index is 0.146. The van der Waals surface area contributed by atoms with E-state index < -0.39 is 0 Å². The average Bonchev–Trinajstić information content (AvgIpc) is 1.97. The summed E-state index contributed by atoms with van der Waals surface area (Å²) >= 11 is 0. The van der Waals surface area contributed by atoms with Crippen LogP contribution in [-0.2, 0) is 0 Å². The van der Waals surface area contributed by atoms with Crippen LogP contribution in [0.15, 0.2) is 23.4 Å². The molecular weight excluding hydrogens is 140 g/mol. The second-order valence-electron chi connectivity index (χ2n) is 2.60. The highest BCUT2D eigenvalue weighted by Gasteiger charge is 2.22. The van der Waals surface area contributed by atoms with Gasteiger partial charge in [0.05, 0.1) is 0 Å². The lowest BCUT2D eigenvalue weighted by Crippen LogP contribution is -2.17. The molecule has 0 saturated heterocycles. The average molecular weight is 149 g/mol. The Morgan fingerprint density at radius 2 is 2.36 bits per heavy atom. The summed E-state index contributed by atoms with van der Waals surface area (Å²) in [5, 5.41) is 8.54. The molecule has 0 aromatic carbocycles. The molecule has 0 aromatic rings. The zero-order chi connectivity index (χ0) is 8.43. The number of allylic oxidation sites excluding steroid dienone is 2. The van der Waals surface area contributed by atoms with Crippen LogP contribution >= 0.6 is 0 Å². The highest BCUT2D eigenvalue weighted by molar-refractivity contribution is 5.40. The minimum atomic E-state index is -0.146. The van der Waals surface area contributed by atoms with E-state index in [0.717, 1.165) is 10.3 Å². The summed E-state index contributed by atoms with van der Waals surface area (Å²) < 4.78 is 0.783. The zero-order valence-electron chi connectivity index (χ0n) is 6.53. The Labute approximate surface area is 65.2 Å². The van der Waals surface area contributed by atoms with E-state index in [1.807, 2.05) is 13.0 Å². The van der Waals surface area contributed by atoms with Crippen molar-refractivity contribution in [1.29, 1.82) is 5.26 Å². The van der Waals surface area contributed by atoms with Gasteiger partial charge in [-0.05, 0) is 18.6 Å². The van der Waals surface area contributed by atoms with Gasteiger partial charge in [-0.2, -0.15) is 5.26 Å². The van der Waals surface area contributed by atoms with E-state index in [0.29, 0.717) is 5.57 Å². The first-order valence-corrected chi connectivity index (χ1v) is 3.41. The standard InChI is InChI=1S/C8H9N2O/c1-6-3-7(2)10(11)5-8(6)4-9/h3,5,7H,1-2H3/q+1. The molecule has 0 amide bonds. The molecule has 0 radical (unpaired) electrons. The quantitative estimate of drug-likeness (QED) is 0.490. The number of rotatable bonds is 0. The summed E-state index contributed by atoms with van der Waals surface area (Å²) in [4.78, 5) is 11.0. The minimum Gasteiger partial charge on any atom is -0.192 e. The molecule has 1 aliphatic heterocycles. The number of hydrogen-bond acceptors (Lipinski definition) is 2. The van der Waals surface area contributed by atoms with Gasteiger partial charge in [-0.25, -0.2) is 0 Å². The van der Waals surface area contributed by atoms with Crippen molar-refractivity contribution in [3.05, 3.63) is 28.3 Å². The third kappa shape index (κ3) is 1.35. The highest BCUT2D eigenvalue weighted by atomic mass is 16.3. The predicted molar refractivity (Wildman–Crippen MR) is 40.5 cm³/mol. The molecule has 0 spiro atoms. The van der Waals surface area contributed by atoms with Crippen molar-refractivity contribution in [3.63, 3.8) is 0 Å². The number of hydrogen-bond donors (Lipinski definition) is 0. The van der Waals surface area contributed by atoms with Gasteiger partial charge >= 0.3 is 0 Å². The van der Waals surface area contributed by atoms with Crippen LogP contribution in [0.25, 0.3) is 0 Å². The number of nitrogens with zero attached hydrogens (tertiary/aromatic N) is 2. The van der Waals surface area contributed by atoms with Crippen LogP contribution in [0.3, 0.4) is 0 Å². The van der Waals surface area contributed by atoms with Gasteiger partial charge < -0.3 is 0 Å². The van der Waals surface area contributed by atoms with E-state index in [-0.39, 0.29) is 6.04 Å². The highest BCUT2D eigenvalue weighted by Crippen LogP contribution is 2.15. The maximum Gasteiger partial charge on any atom is 0.239 e. The maximum atomic E-state index is 11.0. The lowest BCUT2D eigenvalue weighted by Gasteiger charge is -2.03. The molecule has 1 rings (SSSR count). The number of nitroso groups, excluding NO2 is 1. The van der Waals surface area contributed by atoms with E-state index in [4.69, 9.17) is 5.26 Å². The Kier molecular flexibility index (Phi) is 1.86. The van der Waals surface area contributed by atoms with Gasteiger partial charge in [0.25, 0.3) is 0 Å². The summed E-state index contributed by atoms with van der Waals surface area (Å²) in [7, 11) is 0. The molecular formula is C8H9N2O+. The Morgan fingerprint density at radius 3 is 2.91 bits per heavy atom. The topological polar surface area (TPSA) is 43.9 Å². The lowest BCUT2D eigenvalue weighted by molar-refractivity contribution is -0.506. The summed E-state index contributed by atoms with van der Waals surface area (Å²) in [5.41, 5.74) is 1.34. The van der Waals surface area contributed by atoms with Gasteiger partial charge in [0.1, 0.15) is 11.6 Å². The molecule has 0 N–H and O–H groups in total. The van der Waals surface area contributed by atoms with Gasteiger partial charge in [-0.1, -0.05) is 0 Å². The van der Waals surface area contributed by atoms with Crippen molar-refractivity contribution in [1.82, 2.24) is 0 Å². The normalized spacial score (nSPS) is 23.7. The van der Waals surface area contributed by atoms with Gasteiger partial charge in [-0.3, -0.25) is 0 Å². The molecule has 0 aromatic heterocycles. The maximum absolute atomic E-state index is 11.0. The molecule has 0 bridgehead atoms. The zero-order valence-corrected chi connectivity index (χ0v) is 6.53. The largest absolute Gasteiger partial charge is 0.239 e. The summed E-state index contributed by atoms with van der Waals surface area (Å²) in [6.45, 7) is 3.62. The first-order chi connectivity index (χ1) is 5.15. The molecule has 1 heterocycles. The van der Waals surface area contributed by atoms with Crippen molar-refractivity contribution >= 4 is 0 Å². The fourth-order valence-electron chi connectivity index (χ4n) is 0.989. The fourth-order valence-corrected chi connectivity index (χ4v) is 0.989. The third-order valence-corrected chi connectivity index (χ3v) is 1.69. The second kappa shape index (κ2) is 2.67. The smallest absolute Gasteiger partial charge is 0.192 e. The Hall–Kier alpha value is -1.43. The van der Waals surface area contributed by atoms with Crippen LogP contribution in [0.1, 0.15) is 13.8 Å². The van der Waals surface area contributed by atoms with Gasteiger partial charge in [0, 0.05) is 16.6 Å². The summed E-state index contributed by atoms with van der Waals surface area (Å²) in [5.74, 6) is 0. The van der Waals surface area contributed by atoms with Gasteiger partial charge in [0.15, 0.2) is 0 Å². The Balaban J connectivity index is 3.03. The van der Waals surface area contributed by atoms with Crippen molar-refractivity contribution in [2.24, 2.45) is 0 Å². The van der Waals surface area contributed by atoms with E-state index in [1.54, 1.807) is 13.0 Å². The molecule has 1 unspecified atom stereocenters. The summed E-state index contributed by atoms with van der Waals surface area (Å²) in [6.07, 6.45) is 3.12. The van der Waals surface area contributed by atoms with Crippen LogP contribution in [0, 0.1) is 16.2 Å². The molecule has 0 saturated carbocycles. The molecule has 3 nitrogen and oxygen atoms in total. The molecule has 1 atom stereocenters.